The van der Waals surface area contributed by atoms with Gasteiger partial charge in [0.15, 0.2) is 5.76 Å². The van der Waals surface area contributed by atoms with Gasteiger partial charge in [0.2, 0.25) is 0 Å². The Kier molecular flexibility index (Phi) is 3.00. The van der Waals surface area contributed by atoms with Crippen LogP contribution in [-0.2, 0) is 0 Å². The van der Waals surface area contributed by atoms with Gasteiger partial charge in [-0.1, -0.05) is 18.2 Å². The van der Waals surface area contributed by atoms with Gasteiger partial charge in [0.25, 0.3) is 5.91 Å². The van der Waals surface area contributed by atoms with Gasteiger partial charge >= 0.3 is 0 Å². The molecule has 1 aliphatic heterocycles. The van der Waals surface area contributed by atoms with Crippen LogP contribution >= 0.6 is 0 Å². The molecule has 4 heteroatoms. The van der Waals surface area contributed by atoms with E-state index in [1.165, 1.54) is 19.3 Å². The summed E-state index contributed by atoms with van der Waals surface area (Å²) in [5.41, 5.74) is 1.06. The van der Waals surface area contributed by atoms with Crippen LogP contribution in [0.4, 0.5) is 0 Å². The second-order valence-electron chi connectivity index (χ2n) is 6.37. The maximum absolute atomic E-state index is 12.4. The van der Waals surface area contributed by atoms with E-state index in [0.717, 1.165) is 30.4 Å². The minimum absolute atomic E-state index is 0.0902. The van der Waals surface area contributed by atoms with Gasteiger partial charge in [0, 0.05) is 17.0 Å². The molecule has 1 atom stereocenters. The third-order valence-corrected chi connectivity index (χ3v) is 4.93. The van der Waals surface area contributed by atoms with Crippen molar-refractivity contribution in [2.24, 2.45) is 0 Å². The molecule has 1 spiro atoms. The van der Waals surface area contributed by atoms with Crippen LogP contribution in [0.5, 0.6) is 0 Å². The quantitative estimate of drug-likeness (QED) is 0.891. The summed E-state index contributed by atoms with van der Waals surface area (Å²) in [6.45, 7) is 0.991. The van der Waals surface area contributed by atoms with E-state index < -0.39 is 0 Å². The molecule has 1 aromatic carbocycles. The van der Waals surface area contributed by atoms with E-state index in [1.54, 1.807) is 0 Å². The first kappa shape index (κ1) is 12.9. The first-order chi connectivity index (χ1) is 10.2. The molecule has 1 amide bonds. The molecule has 0 bridgehead atoms. The van der Waals surface area contributed by atoms with E-state index in [4.69, 9.17) is 4.42 Å². The molecule has 2 aliphatic rings. The van der Waals surface area contributed by atoms with Gasteiger partial charge in [0.05, 0.1) is 0 Å². The molecule has 21 heavy (non-hydrogen) atoms. The Morgan fingerprint density at radius 1 is 1.33 bits per heavy atom. The number of carbonyl (C=O) groups excluding carboxylic acids is 1. The summed E-state index contributed by atoms with van der Waals surface area (Å²) in [6, 6.07) is 9.80. The van der Waals surface area contributed by atoms with Crippen molar-refractivity contribution in [1.82, 2.24) is 10.6 Å². The maximum atomic E-state index is 12.4. The number of hydrogen-bond acceptors (Lipinski definition) is 3. The summed E-state index contributed by atoms with van der Waals surface area (Å²) in [5, 5.41) is 7.74. The van der Waals surface area contributed by atoms with Crippen molar-refractivity contribution in [1.29, 1.82) is 0 Å². The highest BCUT2D eigenvalue weighted by atomic mass is 16.3. The van der Waals surface area contributed by atoms with Gasteiger partial charge in [-0.05, 0) is 50.8 Å². The lowest BCUT2D eigenvalue weighted by Gasteiger charge is -2.48. The molecule has 0 radical (unpaired) electrons. The van der Waals surface area contributed by atoms with E-state index in [-0.39, 0.29) is 11.9 Å². The van der Waals surface area contributed by atoms with Gasteiger partial charge in [0.1, 0.15) is 5.58 Å². The van der Waals surface area contributed by atoms with Crippen LogP contribution in [0, 0.1) is 0 Å². The normalized spacial score (nSPS) is 23.9. The number of carbonyl (C=O) groups is 1. The highest BCUT2D eigenvalue weighted by Gasteiger charge is 2.41. The highest BCUT2D eigenvalue weighted by Crippen LogP contribution is 2.38. The molecule has 2 aromatic rings. The summed E-state index contributed by atoms with van der Waals surface area (Å²) in [5.74, 6) is 0.324. The summed E-state index contributed by atoms with van der Waals surface area (Å²) >= 11 is 0. The van der Waals surface area contributed by atoms with Crippen LogP contribution in [0.15, 0.2) is 34.7 Å². The lowest BCUT2D eigenvalue weighted by atomic mass is 9.70. The molecule has 1 aromatic heterocycles. The molecular weight excluding hydrogens is 264 g/mol. The fourth-order valence-electron chi connectivity index (χ4n) is 3.62. The Balaban J connectivity index is 1.47. The number of benzene rings is 1. The molecule has 1 saturated carbocycles. The van der Waals surface area contributed by atoms with Gasteiger partial charge < -0.3 is 15.1 Å². The predicted octanol–water partition coefficient (Wildman–Crippen LogP) is 2.84. The monoisotopic (exact) mass is 284 g/mol. The Bertz CT molecular complexity index is 639. The lowest BCUT2D eigenvalue weighted by molar-refractivity contribution is 0.0830. The minimum Gasteiger partial charge on any atom is -0.451 e. The summed E-state index contributed by atoms with van der Waals surface area (Å²) < 4.78 is 5.64. The second kappa shape index (κ2) is 4.88. The zero-order valence-corrected chi connectivity index (χ0v) is 12.0. The Morgan fingerprint density at radius 3 is 2.95 bits per heavy atom. The zero-order chi connectivity index (χ0) is 14.3. The van der Waals surface area contributed by atoms with Crippen molar-refractivity contribution in [2.75, 3.05) is 6.54 Å². The van der Waals surface area contributed by atoms with Crippen molar-refractivity contribution in [2.45, 2.75) is 43.7 Å². The average molecular weight is 284 g/mol. The van der Waals surface area contributed by atoms with Crippen molar-refractivity contribution < 1.29 is 9.21 Å². The molecule has 1 saturated heterocycles. The van der Waals surface area contributed by atoms with Gasteiger partial charge in [-0.25, -0.2) is 0 Å². The molecular formula is C17H20N2O2. The van der Waals surface area contributed by atoms with Crippen LogP contribution in [0.1, 0.15) is 42.7 Å². The number of piperidine rings is 1. The van der Waals surface area contributed by atoms with Crippen molar-refractivity contribution in [3.63, 3.8) is 0 Å². The first-order valence-corrected chi connectivity index (χ1v) is 7.79. The van der Waals surface area contributed by atoms with Gasteiger partial charge in [-0.2, -0.15) is 0 Å². The fourth-order valence-corrected chi connectivity index (χ4v) is 3.62. The van der Waals surface area contributed by atoms with E-state index in [0.29, 0.717) is 11.3 Å². The van der Waals surface area contributed by atoms with Crippen LogP contribution in [0.2, 0.25) is 0 Å². The van der Waals surface area contributed by atoms with Crippen LogP contribution < -0.4 is 10.6 Å². The van der Waals surface area contributed by atoms with Crippen molar-refractivity contribution in [3.8, 4) is 0 Å². The minimum atomic E-state index is -0.0902. The molecule has 4 rings (SSSR count). The SMILES string of the molecule is O=C(NC1CCNC2(CCC2)C1)c1cc2ccccc2o1. The number of fused-ring (bicyclic) bond motifs is 1. The summed E-state index contributed by atoms with van der Waals surface area (Å²) in [7, 11) is 0. The number of nitrogens with one attached hydrogen (secondary N) is 2. The fraction of sp³-hybridized carbons (Fsp3) is 0.471. The first-order valence-electron chi connectivity index (χ1n) is 7.79. The lowest BCUT2D eigenvalue weighted by Crippen LogP contribution is -2.59. The summed E-state index contributed by atoms with van der Waals surface area (Å²) in [4.78, 5) is 12.4. The molecule has 2 N–H and O–H groups in total. The van der Waals surface area contributed by atoms with Gasteiger partial charge in [-0.3, -0.25) is 4.79 Å². The number of rotatable bonds is 2. The van der Waals surface area contributed by atoms with Gasteiger partial charge in [-0.15, -0.1) is 0 Å². The van der Waals surface area contributed by atoms with E-state index in [1.807, 2.05) is 30.3 Å². The second-order valence-corrected chi connectivity index (χ2v) is 6.37. The summed E-state index contributed by atoms with van der Waals surface area (Å²) in [6.07, 6.45) is 5.82. The average Bonchev–Trinajstić information content (AvgIpc) is 2.90. The number of amides is 1. The molecule has 110 valence electrons. The molecule has 4 nitrogen and oxygen atoms in total. The van der Waals surface area contributed by atoms with E-state index in [2.05, 4.69) is 10.6 Å². The van der Waals surface area contributed by atoms with Crippen molar-refractivity contribution >= 4 is 16.9 Å². The van der Waals surface area contributed by atoms with Crippen molar-refractivity contribution in [3.05, 3.63) is 36.1 Å². The Morgan fingerprint density at radius 2 is 2.19 bits per heavy atom. The molecule has 1 unspecified atom stereocenters. The third-order valence-electron chi connectivity index (χ3n) is 4.93. The Hall–Kier alpha value is -1.81. The highest BCUT2D eigenvalue weighted by molar-refractivity contribution is 5.96. The zero-order valence-electron chi connectivity index (χ0n) is 12.0. The number of para-hydroxylation sites is 1. The predicted molar refractivity (Wildman–Crippen MR) is 81.3 cm³/mol. The maximum Gasteiger partial charge on any atom is 0.287 e. The molecule has 1 aliphatic carbocycles. The third kappa shape index (κ3) is 2.33. The smallest absolute Gasteiger partial charge is 0.287 e. The van der Waals surface area contributed by atoms with Crippen LogP contribution in [-0.4, -0.2) is 24.0 Å². The standard InChI is InChI=1S/C17H20N2O2/c20-16(15-10-12-4-1-2-5-14(12)21-15)19-13-6-9-18-17(11-13)7-3-8-17/h1-2,4-5,10,13,18H,3,6-9,11H2,(H,19,20). The molecule has 2 heterocycles. The number of hydrogen-bond donors (Lipinski definition) is 2. The Labute approximate surface area is 123 Å². The topological polar surface area (TPSA) is 54.3 Å². The van der Waals surface area contributed by atoms with E-state index >= 15 is 0 Å². The molecule has 2 fully saturated rings. The largest absolute Gasteiger partial charge is 0.451 e. The number of furan rings is 1. The van der Waals surface area contributed by atoms with Crippen LogP contribution in [0.25, 0.3) is 11.0 Å². The van der Waals surface area contributed by atoms with Crippen LogP contribution in [0.3, 0.4) is 0 Å². The van der Waals surface area contributed by atoms with E-state index in [9.17, 15) is 4.79 Å².